The van der Waals surface area contributed by atoms with Crippen molar-refractivity contribution in [2.24, 2.45) is 0 Å². The number of anilines is 2. The summed E-state index contributed by atoms with van der Waals surface area (Å²) in [5.74, 6) is -0.643. The third kappa shape index (κ3) is 4.02. The van der Waals surface area contributed by atoms with Gasteiger partial charge in [-0.1, -0.05) is 0 Å². The number of rotatable bonds is 5. The molecule has 0 aliphatic rings. The molecule has 2 aromatic carbocycles. The van der Waals surface area contributed by atoms with E-state index in [9.17, 15) is 19.3 Å². The summed E-state index contributed by atoms with van der Waals surface area (Å²) in [6.45, 7) is 1.74. The van der Waals surface area contributed by atoms with Gasteiger partial charge in [0.25, 0.3) is 5.69 Å². The highest BCUT2D eigenvalue weighted by Crippen LogP contribution is 2.17. The highest BCUT2D eigenvalue weighted by Gasteiger charge is 2.07. The lowest BCUT2D eigenvalue weighted by atomic mass is 10.2. The van der Waals surface area contributed by atoms with E-state index >= 15 is 0 Å². The van der Waals surface area contributed by atoms with Gasteiger partial charge in [0.15, 0.2) is 0 Å². The van der Waals surface area contributed by atoms with Crippen molar-refractivity contribution in [3.05, 3.63) is 64.0 Å². The molecule has 7 heteroatoms. The standard InChI is InChI=1S/C15H14FN3O3/c1-10-8-11(16)2-7-14(10)17-9-15(20)18-12-3-5-13(6-4-12)19(21)22/h2-8,17H,9H2,1H3,(H,18,20). The van der Waals surface area contributed by atoms with Crippen LogP contribution in [-0.2, 0) is 4.79 Å². The molecule has 0 saturated carbocycles. The number of non-ortho nitro benzene ring substituents is 1. The van der Waals surface area contributed by atoms with Gasteiger partial charge in [-0.15, -0.1) is 0 Å². The van der Waals surface area contributed by atoms with Gasteiger partial charge in [0.2, 0.25) is 5.91 Å². The number of nitrogens with one attached hydrogen (secondary N) is 2. The van der Waals surface area contributed by atoms with Crippen molar-refractivity contribution >= 4 is 23.0 Å². The first-order valence-electron chi connectivity index (χ1n) is 6.50. The Balaban J connectivity index is 1.91. The van der Waals surface area contributed by atoms with E-state index in [2.05, 4.69) is 10.6 Å². The Morgan fingerprint density at radius 1 is 1.23 bits per heavy atom. The van der Waals surface area contributed by atoms with Gasteiger partial charge in [0.1, 0.15) is 5.82 Å². The lowest BCUT2D eigenvalue weighted by Gasteiger charge is -2.10. The van der Waals surface area contributed by atoms with E-state index in [0.717, 1.165) is 0 Å². The first kappa shape index (κ1) is 15.4. The van der Waals surface area contributed by atoms with Gasteiger partial charge < -0.3 is 10.6 Å². The summed E-state index contributed by atoms with van der Waals surface area (Å²) in [4.78, 5) is 21.8. The molecule has 22 heavy (non-hydrogen) atoms. The Morgan fingerprint density at radius 3 is 2.50 bits per heavy atom. The molecule has 0 saturated heterocycles. The van der Waals surface area contributed by atoms with E-state index < -0.39 is 4.92 Å². The number of carbonyl (C=O) groups is 1. The fraction of sp³-hybridized carbons (Fsp3) is 0.133. The number of nitrogens with zero attached hydrogens (tertiary/aromatic N) is 1. The molecule has 0 aromatic heterocycles. The van der Waals surface area contributed by atoms with Crippen LogP contribution in [0, 0.1) is 22.9 Å². The molecule has 0 aliphatic carbocycles. The van der Waals surface area contributed by atoms with Crippen LogP contribution in [0.4, 0.5) is 21.5 Å². The number of hydrogen-bond acceptors (Lipinski definition) is 4. The summed E-state index contributed by atoms with van der Waals surface area (Å²) in [7, 11) is 0. The Labute approximate surface area is 126 Å². The van der Waals surface area contributed by atoms with E-state index in [1.165, 1.54) is 36.4 Å². The molecule has 0 heterocycles. The second-order valence-electron chi connectivity index (χ2n) is 4.66. The molecule has 6 nitrogen and oxygen atoms in total. The van der Waals surface area contributed by atoms with E-state index in [1.54, 1.807) is 13.0 Å². The Hall–Kier alpha value is -2.96. The van der Waals surface area contributed by atoms with Crippen LogP contribution in [0.1, 0.15) is 5.56 Å². The predicted octanol–water partition coefficient (Wildman–Crippen LogP) is 3.09. The normalized spacial score (nSPS) is 10.1. The minimum atomic E-state index is -0.509. The van der Waals surface area contributed by atoms with Crippen molar-refractivity contribution in [1.82, 2.24) is 0 Å². The molecule has 0 bridgehead atoms. The number of carbonyl (C=O) groups excluding carboxylic acids is 1. The highest BCUT2D eigenvalue weighted by molar-refractivity contribution is 5.93. The Kier molecular flexibility index (Phi) is 4.67. The van der Waals surface area contributed by atoms with Crippen molar-refractivity contribution in [2.75, 3.05) is 17.2 Å². The monoisotopic (exact) mass is 303 g/mol. The zero-order valence-corrected chi connectivity index (χ0v) is 11.8. The molecule has 0 unspecified atom stereocenters. The van der Waals surface area contributed by atoms with Crippen LogP contribution in [0.5, 0.6) is 0 Å². The summed E-state index contributed by atoms with van der Waals surface area (Å²) >= 11 is 0. The van der Waals surface area contributed by atoms with Crippen molar-refractivity contribution in [3.63, 3.8) is 0 Å². The van der Waals surface area contributed by atoms with Gasteiger partial charge in [-0.2, -0.15) is 0 Å². The van der Waals surface area contributed by atoms with Gasteiger partial charge in [0.05, 0.1) is 11.5 Å². The second kappa shape index (κ2) is 6.66. The largest absolute Gasteiger partial charge is 0.376 e. The molecule has 0 radical (unpaired) electrons. The molecule has 0 atom stereocenters. The summed E-state index contributed by atoms with van der Waals surface area (Å²) in [6, 6.07) is 9.78. The zero-order chi connectivity index (χ0) is 16.1. The fourth-order valence-electron chi connectivity index (χ4n) is 1.87. The van der Waals surface area contributed by atoms with Crippen LogP contribution in [0.2, 0.25) is 0 Å². The summed E-state index contributed by atoms with van der Waals surface area (Å²) in [5, 5.41) is 16.0. The maximum Gasteiger partial charge on any atom is 0.269 e. The molecule has 2 N–H and O–H groups in total. The Morgan fingerprint density at radius 2 is 1.91 bits per heavy atom. The van der Waals surface area contributed by atoms with E-state index in [1.807, 2.05) is 0 Å². The van der Waals surface area contributed by atoms with Crippen LogP contribution < -0.4 is 10.6 Å². The van der Waals surface area contributed by atoms with Gasteiger partial charge in [0, 0.05) is 23.5 Å². The lowest BCUT2D eigenvalue weighted by molar-refractivity contribution is -0.384. The first-order valence-corrected chi connectivity index (χ1v) is 6.50. The molecule has 2 rings (SSSR count). The molecule has 114 valence electrons. The van der Waals surface area contributed by atoms with Crippen molar-refractivity contribution in [3.8, 4) is 0 Å². The second-order valence-corrected chi connectivity index (χ2v) is 4.66. The highest BCUT2D eigenvalue weighted by atomic mass is 19.1. The third-order valence-electron chi connectivity index (χ3n) is 2.99. The fourth-order valence-corrected chi connectivity index (χ4v) is 1.87. The van der Waals surface area contributed by atoms with E-state index in [0.29, 0.717) is 16.9 Å². The minimum Gasteiger partial charge on any atom is -0.376 e. The number of nitro groups is 1. The van der Waals surface area contributed by atoms with Gasteiger partial charge in [-0.3, -0.25) is 14.9 Å². The maximum absolute atomic E-state index is 13.0. The molecule has 0 spiro atoms. The maximum atomic E-state index is 13.0. The average molecular weight is 303 g/mol. The van der Waals surface area contributed by atoms with Gasteiger partial charge >= 0.3 is 0 Å². The first-order chi connectivity index (χ1) is 10.5. The SMILES string of the molecule is Cc1cc(F)ccc1NCC(=O)Nc1ccc([N+](=O)[O-])cc1. The van der Waals surface area contributed by atoms with E-state index in [4.69, 9.17) is 0 Å². The predicted molar refractivity (Wildman–Crippen MR) is 81.4 cm³/mol. The van der Waals surface area contributed by atoms with Crippen LogP contribution in [0.15, 0.2) is 42.5 Å². The topological polar surface area (TPSA) is 84.3 Å². The van der Waals surface area contributed by atoms with Crippen LogP contribution >= 0.6 is 0 Å². The molecule has 1 amide bonds. The summed E-state index contributed by atoms with van der Waals surface area (Å²) < 4.78 is 13.0. The quantitative estimate of drug-likeness (QED) is 0.656. The van der Waals surface area contributed by atoms with Crippen molar-refractivity contribution < 1.29 is 14.1 Å². The molecular formula is C15H14FN3O3. The average Bonchev–Trinajstić information content (AvgIpc) is 2.47. The van der Waals surface area contributed by atoms with Crippen LogP contribution in [-0.4, -0.2) is 17.4 Å². The van der Waals surface area contributed by atoms with E-state index in [-0.39, 0.29) is 24.0 Å². The van der Waals surface area contributed by atoms with Crippen molar-refractivity contribution in [2.45, 2.75) is 6.92 Å². The lowest BCUT2D eigenvalue weighted by Crippen LogP contribution is -2.22. The number of nitro benzene ring substituents is 1. The van der Waals surface area contributed by atoms with Crippen LogP contribution in [0.3, 0.4) is 0 Å². The number of amides is 1. The molecule has 2 aromatic rings. The van der Waals surface area contributed by atoms with Crippen LogP contribution in [0.25, 0.3) is 0 Å². The smallest absolute Gasteiger partial charge is 0.269 e. The molecule has 0 aliphatic heterocycles. The summed E-state index contributed by atoms with van der Waals surface area (Å²) in [6.07, 6.45) is 0. The van der Waals surface area contributed by atoms with Gasteiger partial charge in [-0.05, 0) is 42.8 Å². The van der Waals surface area contributed by atoms with Crippen molar-refractivity contribution in [1.29, 1.82) is 0 Å². The number of halogens is 1. The molecular weight excluding hydrogens is 289 g/mol. The number of hydrogen-bond donors (Lipinski definition) is 2. The Bertz CT molecular complexity index is 702. The summed E-state index contributed by atoms with van der Waals surface area (Å²) in [5.41, 5.74) is 1.79. The minimum absolute atomic E-state index is 0.00343. The zero-order valence-electron chi connectivity index (χ0n) is 11.8. The van der Waals surface area contributed by atoms with Gasteiger partial charge in [-0.25, -0.2) is 4.39 Å². The number of aryl methyl sites for hydroxylation is 1. The number of benzene rings is 2. The molecule has 0 fully saturated rings. The third-order valence-corrected chi connectivity index (χ3v) is 2.99.